The quantitative estimate of drug-likeness (QED) is 0.782. The molecule has 0 fully saturated rings. The molecular formula is C12H17NO3. The second-order valence-corrected chi connectivity index (χ2v) is 4.34. The fraction of sp³-hybridized carbons (Fsp3) is 0.500. The fourth-order valence-corrected chi connectivity index (χ4v) is 1.69. The maximum absolute atomic E-state index is 11.4. The number of pyridine rings is 1. The summed E-state index contributed by atoms with van der Waals surface area (Å²) in [5.41, 5.74) is 1.11. The van der Waals surface area contributed by atoms with Gasteiger partial charge in [0.05, 0.1) is 7.11 Å². The molecular weight excluding hydrogens is 206 g/mol. The average Bonchev–Trinajstić information content (AvgIpc) is 2.27. The van der Waals surface area contributed by atoms with Gasteiger partial charge in [0, 0.05) is 17.8 Å². The Morgan fingerprint density at radius 1 is 1.56 bits per heavy atom. The third kappa shape index (κ3) is 2.22. The number of methoxy groups -OCH3 is 1. The largest absolute Gasteiger partial charge is 0.467 e. The van der Waals surface area contributed by atoms with E-state index in [0.717, 1.165) is 11.1 Å². The van der Waals surface area contributed by atoms with E-state index in [4.69, 9.17) is 0 Å². The molecule has 0 spiro atoms. The van der Waals surface area contributed by atoms with Crippen molar-refractivity contribution in [2.75, 3.05) is 7.11 Å². The standard InChI is InChI=1S/C12H17NO3/c1-8-5-6-13-7-9(8)12(2,3)10(14)11(15)16-4/h5-7,10,14H,1-4H3. The lowest BCUT2D eigenvalue weighted by molar-refractivity contribution is -0.153. The van der Waals surface area contributed by atoms with E-state index in [1.54, 1.807) is 26.2 Å². The number of rotatable bonds is 3. The molecule has 1 aromatic rings. The lowest BCUT2D eigenvalue weighted by Crippen LogP contribution is -2.41. The maximum atomic E-state index is 11.4. The van der Waals surface area contributed by atoms with Gasteiger partial charge in [0.15, 0.2) is 6.10 Å². The fourth-order valence-electron chi connectivity index (χ4n) is 1.69. The van der Waals surface area contributed by atoms with Crippen LogP contribution in [0.3, 0.4) is 0 Å². The summed E-state index contributed by atoms with van der Waals surface area (Å²) in [5.74, 6) is -0.631. The molecule has 0 bridgehead atoms. The number of hydrogen-bond acceptors (Lipinski definition) is 4. The number of aliphatic hydroxyl groups excluding tert-OH is 1. The van der Waals surface area contributed by atoms with Crippen LogP contribution in [0.15, 0.2) is 18.5 Å². The van der Waals surface area contributed by atoms with E-state index in [1.807, 2.05) is 13.0 Å². The minimum Gasteiger partial charge on any atom is -0.467 e. The molecule has 1 atom stereocenters. The molecule has 88 valence electrons. The van der Waals surface area contributed by atoms with Crippen molar-refractivity contribution in [1.29, 1.82) is 0 Å². The Morgan fingerprint density at radius 3 is 2.69 bits per heavy atom. The number of nitrogens with zero attached hydrogens (tertiary/aromatic N) is 1. The van der Waals surface area contributed by atoms with Crippen molar-refractivity contribution in [2.45, 2.75) is 32.3 Å². The zero-order chi connectivity index (χ0) is 12.3. The lowest BCUT2D eigenvalue weighted by atomic mass is 9.78. The van der Waals surface area contributed by atoms with E-state index in [-0.39, 0.29) is 0 Å². The highest BCUT2D eigenvalue weighted by molar-refractivity contribution is 5.76. The number of carbonyl (C=O) groups is 1. The summed E-state index contributed by atoms with van der Waals surface area (Å²) >= 11 is 0. The van der Waals surface area contributed by atoms with Crippen LogP contribution in [0.2, 0.25) is 0 Å². The Balaban J connectivity index is 3.11. The number of aromatic nitrogens is 1. The summed E-state index contributed by atoms with van der Waals surface area (Å²) in [4.78, 5) is 15.4. The van der Waals surface area contributed by atoms with Crippen LogP contribution in [0.4, 0.5) is 0 Å². The van der Waals surface area contributed by atoms with E-state index in [1.165, 1.54) is 7.11 Å². The van der Waals surface area contributed by atoms with Gasteiger partial charge in [-0.15, -0.1) is 0 Å². The van der Waals surface area contributed by atoms with Crippen LogP contribution in [0.1, 0.15) is 25.0 Å². The van der Waals surface area contributed by atoms with Crippen LogP contribution in [0, 0.1) is 6.92 Å². The van der Waals surface area contributed by atoms with E-state index < -0.39 is 17.5 Å². The van der Waals surface area contributed by atoms with Gasteiger partial charge in [0.25, 0.3) is 0 Å². The predicted molar refractivity (Wildman–Crippen MR) is 60.0 cm³/mol. The number of hydrogen-bond donors (Lipinski definition) is 1. The monoisotopic (exact) mass is 223 g/mol. The number of aliphatic hydroxyl groups is 1. The van der Waals surface area contributed by atoms with Gasteiger partial charge >= 0.3 is 5.97 Å². The topological polar surface area (TPSA) is 59.4 Å². The van der Waals surface area contributed by atoms with Crippen molar-refractivity contribution in [3.63, 3.8) is 0 Å². The third-order valence-corrected chi connectivity index (χ3v) is 2.84. The van der Waals surface area contributed by atoms with Gasteiger partial charge in [-0.3, -0.25) is 4.98 Å². The molecule has 4 nitrogen and oxygen atoms in total. The molecule has 1 rings (SSSR count). The second kappa shape index (κ2) is 4.61. The molecule has 0 saturated carbocycles. The molecule has 4 heteroatoms. The predicted octanol–water partition coefficient (Wildman–Crippen LogP) is 1.20. The number of carbonyl (C=O) groups excluding carboxylic acids is 1. The molecule has 1 N–H and O–H groups in total. The normalized spacial score (nSPS) is 13.3. The van der Waals surface area contributed by atoms with Crippen LogP contribution in [-0.4, -0.2) is 29.3 Å². The van der Waals surface area contributed by atoms with Crippen molar-refractivity contribution in [1.82, 2.24) is 4.98 Å². The first-order valence-corrected chi connectivity index (χ1v) is 5.08. The molecule has 1 unspecified atom stereocenters. The SMILES string of the molecule is COC(=O)C(O)C(C)(C)c1cnccc1C. The Labute approximate surface area is 95.3 Å². The summed E-state index contributed by atoms with van der Waals surface area (Å²) in [6.07, 6.45) is 2.15. The lowest BCUT2D eigenvalue weighted by Gasteiger charge is -2.30. The Hall–Kier alpha value is -1.42. The molecule has 1 heterocycles. The first-order chi connectivity index (χ1) is 7.41. The number of aryl methyl sites for hydroxylation is 1. The molecule has 0 radical (unpaired) electrons. The third-order valence-electron chi connectivity index (χ3n) is 2.84. The minimum absolute atomic E-state index is 0.631. The van der Waals surface area contributed by atoms with Gasteiger partial charge in [0.2, 0.25) is 0 Å². The van der Waals surface area contributed by atoms with Crippen LogP contribution >= 0.6 is 0 Å². The van der Waals surface area contributed by atoms with Gasteiger partial charge in [-0.05, 0) is 24.1 Å². The second-order valence-electron chi connectivity index (χ2n) is 4.34. The molecule has 1 aromatic heterocycles. The van der Waals surface area contributed by atoms with Gasteiger partial charge in [-0.1, -0.05) is 13.8 Å². The molecule has 0 aromatic carbocycles. The maximum Gasteiger partial charge on any atom is 0.335 e. The van der Waals surface area contributed by atoms with Crippen molar-refractivity contribution < 1.29 is 14.6 Å². The Morgan fingerprint density at radius 2 is 2.19 bits per heavy atom. The summed E-state index contributed by atoms with van der Waals surface area (Å²) in [7, 11) is 1.26. The number of ether oxygens (including phenoxy) is 1. The van der Waals surface area contributed by atoms with Crippen molar-refractivity contribution >= 4 is 5.97 Å². The zero-order valence-corrected chi connectivity index (χ0v) is 10.0. The van der Waals surface area contributed by atoms with E-state index >= 15 is 0 Å². The molecule has 0 aliphatic rings. The summed E-state index contributed by atoms with van der Waals surface area (Å²) < 4.78 is 4.55. The first-order valence-electron chi connectivity index (χ1n) is 5.08. The average molecular weight is 223 g/mol. The molecule has 0 aliphatic carbocycles. The summed E-state index contributed by atoms with van der Waals surface area (Å²) in [6.45, 7) is 5.50. The highest BCUT2D eigenvalue weighted by Gasteiger charge is 2.37. The Bertz CT molecular complexity index is 388. The highest BCUT2D eigenvalue weighted by atomic mass is 16.5. The van der Waals surface area contributed by atoms with Gasteiger partial charge in [-0.25, -0.2) is 4.79 Å². The van der Waals surface area contributed by atoms with Crippen molar-refractivity contribution in [3.05, 3.63) is 29.6 Å². The highest BCUT2D eigenvalue weighted by Crippen LogP contribution is 2.29. The number of esters is 1. The zero-order valence-electron chi connectivity index (χ0n) is 10.0. The molecule has 0 aliphatic heterocycles. The van der Waals surface area contributed by atoms with Crippen LogP contribution in [0.5, 0.6) is 0 Å². The van der Waals surface area contributed by atoms with E-state index in [0.29, 0.717) is 0 Å². The first kappa shape index (κ1) is 12.6. The smallest absolute Gasteiger partial charge is 0.335 e. The van der Waals surface area contributed by atoms with Gasteiger partial charge in [-0.2, -0.15) is 0 Å². The van der Waals surface area contributed by atoms with Crippen LogP contribution in [0.25, 0.3) is 0 Å². The molecule has 0 amide bonds. The van der Waals surface area contributed by atoms with Gasteiger partial charge < -0.3 is 9.84 Å². The van der Waals surface area contributed by atoms with E-state index in [9.17, 15) is 9.90 Å². The van der Waals surface area contributed by atoms with Crippen LogP contribution < -0.4 is 0 Å². The van der Waals surface area contributed by atoms with Gasteiger partial charge in [0.1, 0.15) is 0 Å². The Kier molecular flexibility index (Phi) is 3.65. The summed E-state index contributed by atoms with van der Waals surface area (Å²) in [5, 5.41) is 9.92. The molecule has 16 heavy (non-hydrogen) atoms. The molecule has 0 saturated heterocycles. The van der Waals surface area contributed by atoms with Crippen molar-refractivity contribution in [3.8, 4) is 0 Å². The van der Waals surface area contributed by atoms with Crippen molar-refractivity contribution in [2.24, 2.45) is 0 Å². The van der Waals surface area contributed by atoms with E-state index in [2.05, 4.69) is 9.72 Å². The summed E-state index contributed by atoms with van der Waals surface area (Å²) in [6, 6.07) is 1.85. The van der Waals surface area contributed by atoms with Crippen LogP contribution in [-0.2, 0) is 14.9 Å². The minimum atomic E-state index is -1.19.